The number of aliphatic hydroxyl groups is 1. The van der Waals surface area contributed by atoms with E-state index in [-0.39, 0.29) is 30.1 Å². The molecule has 360 valence electrons. The molecule has 63 heavy (non-hydrogen) atoms. The van der Waals surface area contributed by atoms with Crippen LogP contribution < -0.4 is 0 Å². The van der Waals surface area contributed by atoms with E-state index < -0.39 is 0 Å². The van der Waals surface area contributed by atoms with Gasteiger partial charge in [-0.25, -0.2) is 0 Å². The van der Waals surface area contributed by atoms with Crippen LogP contribution in [-0.4, -0.2) is 60.9 Å². The van der Waals surface area contributed by atoms with Crippen molar-refractivity contribution < 1.29 is 24.2 Å². The van der Waals surface area contributed by atoms with E-state index in [1.165, 1.54) is 70.6 Å². The molecule has 6 nitrogen and oxygen atoms in total. The number of carbonyl (C=O) groups is 2. The van der Waals surface area contributed by atoms with Crippen molar-refractivity contribution >= 4 is 11.9 Å². The highest BCUT2D eigenvalue weighted by Crippen LogP contribution is 2.67. The van der Waals surface area contributed by atoms with Crippen LogP contribution in [-0.2, 0) is 19.1 Å². The molecule has 0 aliphatic heterocycles. The zero-order valence-corrected chi connectivity index (χ0v) is 41.7. The molecule has 4 rings (SSSR count). The molecule has 0 aromatic carbocycles. The van der Waals surface area contributed by atoms with Crippen LogP contribution in [0, 0.1) is 46.3 Å². The lowest BCUT2D eigenvalue weighted by molar-refractivity contribution is -0.151. The van der Waals surface area contributed by atoms with Gasteiger partial charge in [0.05, 0.1) is 13.2 Å². The molecule has 8 unspecified atom stereocenters. The van der Waals surface area contributed by atoms with Gasteiger partial charge in [-0.05, 0) is 169 Å². The predicted molar refractivity (Wildman–Crippen MR) is 264 cm³/mol. The molecule has 8 atom stereocenters. The summed E-state index contributed by atoms with van der Waals surface area (Å²) in [5.41, 5.74) is 2.39. The minimum absolute atomic E-state index is 0.0263. The highest BCUT2D eigenvalue weighted by molar-refractivity contribution is 5.69. The number of fused-ring (bicyclic) bond motifs is 5. The highest BCUT2D eigenvalue weighted by Gasteiger charge is 2.59. The summed E-state index contributed by atoms with van der Waals surface area (Å²) in [5, 5.41) is 9.65. The van der Waals surface area contributed by atoms with Crippen molar-refractivity contribution in [3.63, 3.8) is 0 Å². The van der Waals surface area contributed by atoms with E-state index in [0.29, 0.717) is 31.4 Å². The fourth-order valence-corrected chi connectivity index (χ4v) is 12.8. The Labute approximate surface area is 387 Å². The number of hydrogen-bond donors (Lipinski definition) is 1. The van der Waals surface area contributed by atoms with Gasteiger partial charge in [0.2, 0.25) is 0 Å². The summed E-state index contributed by atoms with van der Waals surface area (Å²) in [6.45, 7) is 17.8. The normalized spacial score (nSPS) is 27.6. The second-order valence-corrected chi connectivity index (χ2v) is 21.5. The van der Waals surface area contributed by atoms with E-state index in [1.54, 1.807) is 5.57 Å². The maximum Gasteiger partial charge on any atom is 0.306 e. The molecule has 0 aromatic rings. The first-order valence-corrected chi connectivity index (χ1v) is 26.8. The van der Waals surface area contributed by atoms with Crippen LogP contribution in [0.1, 0.15) is 215 Å². The first-order chi connectivity index (χ1) is 30.5. The van der Waals surface area contributed by atoms with Gasteiger partial charge in [0.25, 0.3) is 0 Å². The largest absolute Gasteiger partial charge is 0.466 e. The molecule has 1 N–H and O–H groups in total. The molecule has 0 radical (unpaired) electrons. The minimum atomic E-state index is -0.0744. The third-order valence-corrected chi connectivity index (χ3v) is 16.5. The van der Waals surface area contributed by atoms with Crippen molar-refractivity contribution in [2.75, 3.05) is 32.8 Å². The highest BCUT2D eigenvalue weighted by atomic mass is 16.5. The zero-order chi connectivity index (χ0) is 45.3. The Hall–Kier alpha value is -2.18. The molecule has 4 aliphatic rings. The van der Waals surface area contributed by atoms with Crippen LogP contribution >= 0.6 is 0 Å². The molecule has 0 saturated heterocycles. The summed E-state index contributed by atoms with van der Waals surface area (Å²) < 4.78 is 11.7. The fourth-order valence-electron chi connectivity index (χ4n) is 12.8. The van der Waals surface area contributed by atoms with E-state index in [0.717, 1.165) is 138 Å². The number of unbranched alkanes of at least 4 members (excludes halogenated alkanes) is 8. The van der Waals surface area contributed by atoms with Gasteiger partial charge in [0.1, 0.15) is 6.10 Å². The molecule has 0 spiro atoms. The predicted octanol–water partition coefficient (Wildman–Crippen LogP) is 14.7. The average molecular weight is 876 g/mol. The smallest absolute Gasteiger partial charge is 0.306 e. The second-order valence-electron chi connectivity index (χ2n) is 21.5. The zero-order valence-electron chi connectivity index (χ0n) is 41.7. The van der Waals surface area contributed by atoms with Crippen LogP contribution in [0.2, 0.25) is 0 Å². The summed E-state index contributed by atoms with van der Waals surface area (Å²) in [6, 6.07) is 0. The third kappa shape index (κ3) is 17.9. The molecular formula is C57H97NO5. The van der Waals surface area contributed by atoms with Crippen molar-refractivity contribution in [1.82, 2.24) is 4.90 Å². The molecule has 6 heteroatoms. The number of esters is 2. The Morgan fingerprint density at radius 1 is 0.746 bits per heavy atom. The van der Waals surface area contributed by atoms with E-state index in [2.05, 4.69) is 89.0 Å². The number of allylic oxidation sites excluding steroid dienone is 7. The Morgan fingerprint density at radius 2 is 1.43 bits per heavy atom. The lowest BCUT2D eigenvalue weighted by atomic mass is 9.47. The third-order valence-electron chi connectivity index (χ3n) is 16.5. The Bertz CT molecular complexity index is 1410. The summed E-state index contributed by atoms with van der Waals surface area (Å²) in [5.74, 6) is 4.96. The molecular weight excluding hydrogens is 779 g/mol. The van der Waals surface area contributed by atoms with Crippen molar-refractivity contribution in [2.45, 2.75) is 221 Å². The van der Waals surface area contributed by atoms with Gasteiger partial charge in [-0.3, -0.25) is 9.59 Å². The van der Waals surface area contributed by atoms with Crippen LogP contribution in [0.25, 0.3) is 0 Å². The maximum atomic E-state index is 13.0. The number of carbonyl (C=O) groups excluding carboxylic acids is 2. The van der Waals surface area contributed by atoms with Gasteiger partial charge in [-0.1, -0.05) is 135 Å². The number of aliphatic hydroxyl groups excluding tert-OH is 1. The van der Waals surface area contributed by atoms with Crippen molar-refractivity contribution in [3.05, 3.63) is 48.1 Å². The average Bonchev–Trinajstić information content (AvgIpc) is 3.62. The van der Waals surface area contributed by atoms with Gasteiger partial charge < -0.3 is 19.5 Å². The summed E-state index contributed by atoms with van der Waals surface area (Å²) in [6.07, 6.45) is 45.8. The number of ether oxygens (including phenoxy) is 2. The minimum Gasteiger partial charge on any atom is -0.466 e. The number of rotatable bonds is 32. The molecule has 0 aromatic heterocycles. The van der Waals surface area contributed by atoms with Crippen molar-refractivity contribution in [2.24, 2.45) is 46.3 Å². The number of hydrogen-bond acceptors (Lipinski definition) is 6. The van der Waals surface area contributed by atoms with Gasteiger partial charge in [-0.15, -0.1) is 0 Å². The molecule has 0 amide bonds. The molecule has 3 saturated carbocycles. The first-order valence-electron chi connectivity index (χ1n) is 26.8. The van der Waals surface area contributed by atoms with E-state index in [4.69, 9.17) is 9.47 Å². The molecule has 0 bridgehead atoms. The summed E-state index contributed by atoms with van der Waals surface area (Å²) >= 11 is 0. The monoisotopic (exact) mass is 876 g/mol. The van der Waals surface area contributed by atoms with Crippen LogP contribution in [0.15, 0.2) is 48.1 Å². The number of nitrogens with zero attached hydrogens (tertiary/aromatic N) is 1. The first kappa shape index (κ1) is 53.4. The standard InChI is InChI=1S/C57H97NO5/c1-7-8-9-10-11-12-13-14-15-16-17-18-19-20-22-30-54(60)62-44-26-25-41-58(42-43-59)40-24-21-23-31-55(61)63-49-36-38-56(5)48(45-49)32-33-50-52-35-34-51(47(4)29-27-28-46(2)3)57(52,6)39-37-53(50)56/h8-9,11-12,14-15,32,46-47,49-53,59H,7,10,13,16-31,33-45H2,1-6H3/b9-8+,12-11+,15-14+. The lowest BCUT2D eigenvalue weighted by Crippen LogP contribution is -2.51. The molecule has 3 fully saturated rings. The fraction of sp³-hybridized carbons (Fsp3) is 0.825. The van der Waals surface area contributed by atoms with Gasteiger partial charge in [-0.2, -0.15) is 0 Å². The second kappa shape index (κ2) is 29.5. The van der Waals surface area contributed by atoms with Crippen molar-refractivity contribution in [1.29, 1.82) is 0 Å². The summed E-state index contributed by atoms with van der Waals surface area (Å²) in [7, 11) is 0. The van der Waals surface area contributed by atoms with Crippen LogP contribution in [0.4, 0.5) is 0 Å². The van der Waals surface area contributed by atoms with Gasteiger partial charge in [0, 0.05) is 25.8 Å². The Morgan fingerprint density at radius 3 is 2.17 bits per heavy atom. The molecule has 4 aliphatic carbocycles. The Kier molecular flexibility index (Phi) is 25.0. The SMILES string of the molecule is CC/C=C/C/C=C/C/C=C/CCCCCCCC(=O)OCCCCN(CCO)CCCCCC(=O)OC1CCC2(C)C(=CCC3C2CCC2(C)C(C(C)CCCC(C)C)CCC32)C1. The van der Waals surface area contributed by atoms with Crippen LogP contribution in [0.5, 0.6) is 0 Å². The quantitative estimate of drug-likeness (QED) is 0.0412. The van der Waals surface area contributed by atoms with Crippen molar-refractivity contribution in [3.8, 4) is 0 Å². The maximum absolute atomic E-state index is 13.0. The lowest BCUT2D eigenvalue weighted by Gasteiger charge is -2.58. The summed E-state index contributed by atoms with van der Waals surface area (Å²) in [4.78, 5) is 27.6. The van der Waals surface area contributed by atoms with E-state index >= 15 is 0 Å². The van der Waals surface area contributed by atoms with Gasteiger partial charge >= 0.3 is 11.9 Å². The van der Waals surface area contributed by atoms with E-state index in [1.807, 2.05) is 0 Å². The molecule has 0 heterocycles. The van der Waals surface area contributed by atoms with E-state index in [9.17, 15) is 14.7 Å². The topological polar surface area (TPSA) is 76.1 Å². The van der Waals surface area contributed by atoms with Crippen LogP contribution in [0.3, 0.4) is 0 Å². The van der Waals surface area contributed by atoms with Gasteiger partial charge in [0.15, 0.2) is 0 Å². The Balaban J connectivity index is 1.01.